The summed E-state index contributed by atoms with van der Waals surface area (Å²) >= 11 is 0. The van der Waals surface area contributed by atoms with Crippen molar-refractivity contribution in [1.82, 2.24) is 9.78 Å². The lowest BCUT2D eigenvalue weighted by Gasteiger charge is -2.09. The summed E-state index contributed by atoms with van der Waals surface area (Å²) in [6.07, 6.45) is 5.51. The molecule has 4 rings (SSSR count). The van der Waals surface area contributed by atoms with Crippen LogP contribution < -0.4 is 5.32 Å². The van der Waals surface area contributed by atoms with E-state index in [1.54, 1.807) is 0 Å². The van der Waals surface area contributed by atoms with E-state index in [1.165, 1.54) is 41.0 Å². The maximum atomic E-state index is 5.01. The highest BCUT2D eigenvalue weighted by molar-refractivity contribution is 5.55. The second-order valence-corrected chi connectivity index (χ2v) is 6.75. The van der Waals surface area contributed by atoms with Gasteiger partial charge in [0, 0.05) is 18.5 Å². The Morgan fingerprint density at radius 2 is 1.76 bits per heavy atom. The minimum atomic E-state index is 0.894. The minimum absolute atomic E-state index is 0.894. The Morgan fingerprint density at radius 1 is 0.960 bits per heavy atom. The SMILES string of the molecule is CCc1ccc(-n2nc(Cc3ccccc3)c3c2NCCCC3)cc1. The summed E-state index contributed by atoms with van der Waals surface area (Å²) in [5, 5.41) is 8.64. The first-order chi connectivity index (χ1) is 12.3. The number of rotatable bonds is 4. The number of hydrogen-bond donors (Lipinski definition) is 1. The third kappa shape index (κ3) is 3.32. The van der Waals surface area contributed by atoms with Crippen molar-refractivity contribution in [3.05, 3.63) is 77.0 Å². The fraction of sp³-hybridized carbons (Fsp3) is 0.318. The largest absolute Gasteiger partial charge is 0.370 e. The van der Waals surface area contributed by atoms with Crippen LogP contribution in [0.4, 0.5) is 5.82 Å². The fourth-order valence-electron chi connectivity index (χ4n) is 3.56. The van der Waals surface area contributed by atoms with Gasteiger partial charge in [0.25, 0.3) is 0 Å². The van der Waals surface area contributed by atoms with Crippen molar-refractivity contribution in [3.63, 3.8) is 0 Å². The first-order valence-corrected chi connectivity index (χ1v) is 9.33. The smallest absolute Gasteiger partial charge is 0.133 e. The highest BCUT2D eigenvalue weighted by atomic mass is 15.3. The summed E-state index contributed by atoms with van der Waals surface area (Å²) in [5.41, 5.74) is 6.42. The summed E-state index contributed by atoms with van der Waals surface area (Å²) in [5.74, 6) is 1.19. The fourth-order valence-corrected chi connectivity index (χ4v) is 3.56. The molecule has 0 unspecified atom stereocenters. The average Bonchev–Trinajstić information content (AvgIpc) is 2.84. The zero-order valence-electron chi connectivity index (χ0n) is 14.8. The van der Waals surface area contributed by atoms with E-state index in [0.29, 0.717) is 0 Å². The van der Waals surface area contributed by atoms with Crippen LogP contribution in [0.2, 0.25) is 0 Å². The maximum Gasteiger partial charge on any atom is 0.133 e. The summed E-state index contributed by atoms with van der Waals surface area (Å²) in [4.78, 5) is 0. The standard InChI is InChI=1S/C22H25N3/c1-2-17-11-13-19(14-12-17)25-22-20(10-6-7-15-23-22)21(24-25)16-18-8-4-3-5-9-18/h3-5,8-9,11-14,23H,2,6-7,10,15-16H2,1H3. The molecule has 0 fully saturated rings. The van der Waals surface area contributed by atoms with E-state index in [-0.39, 0.29) is 0 Å². The van der Waals surface area contributed by atoms with Gasteiger partial charge in [-0.05, 0) is 48.9 Å². The van der Waals surface area contributed by atoms with Gasteiger partial charge in [0.1, 0.15) is 5.82 Å². The van der Waals surface area contributed by atoms with Gasteiger partial charge in [0.05, 0.1) is 11.4 Å². The van der Waals surface area contributed by atoms with Crippen molar-refractivity contribution in [2.24, 2.45) is 0 Å². The Kier molecular flexibility index (Phi) is 4.55. The Labute approximate surface area is 149 Å². The van der Waals surface area contributed by atoms with E-state index < -0.39 is 0 Å². The predicted octanol–water partition coefficient (Wildman–Crippen LogP) is 4.77. The molecular formula is C22H25N3. The second kappa shape index (κ2) is 7.14. The monoisotopic (exact) mass is 331 g/mol. The molecule has 0 atom stereocenters. The van der Waals surface area contributed by atoms with Gasteiger partial charge in [0.15, 0.2) is 0 Å². The van der Waals surface area contributed by atoms with Crippen LogP contribution in [-0.4, -0.2) is 16.3 Å². The Bertz CT molecular complexity index is 832. The highest BCUT2D eigenvalue weighted by Gasteiger charge is 2.20. The van der Waals surface area contributed by atoms with Gasteiger partial charge in [0.2, 0.25) is 0 Å². The first kappa shape index (κ1) is 15.9. The number of benzene rings is 2. The summed E-state index contributed by atoms with van der Waals surface area (Å²) in [6.45, 7) is 3.21. The lowest BCUT2D eigenvalue weighted by molar-refractivity contribution is 0.767. The number of anilines is 1. The van der Waals surface area contributed by atoms with E-state index in [9.17, 15) is 0 Å². The van der Waals surface area contributed by atoms with E-state index >= 15 is 0 Å². The number of aryl methyl sites for hydroxylation is 1. The molecule has 0 spiro atoms. The van der Waals surface area contributed by atoms with Gasteiger partial charge >= 0.3 is 0 Å². The number of fused-ring (bicyclic) bond motifs is 1. The van der Waals surface area contributed by atoms with Crippen LogP contribution in [0.3, 0.4) is 0 Å². The van der Waals surface area contributed by atoms with Gasteiger partial charge in [-0.15, -0.1) is 0 Å². The van der Waals surface area contributed by atoms with E-state index in [1.807, 2.05) is 0 Å². The molecule has 3 nitrogen and oxygen atoms in total. The lowest BCUT2D eigenvalue weighted by Crippen LogP contribution is -2.07. The molecule has 1 N–H and O–H groups in total. The molecule has 0 saturated heterocycles. The van der Waals surface area contributed by atoms with E-state index in [0.717, 1.165) is 31.5 Å². The van der Waals surface area contributed by atoms with Gasteiger partial charge < -0.3 is 5.32 Å². The van der Waals surface area contributed by atoms with Gasteiger partial charge in [-0.1, -0.05) is 49.4 Å². The van der Waals surface area contributed by atoms with Crippen molar-refractivity contribution >= 4 is 5.82 Å². The summed E-state index contributed by atoms with van der Waals surface area (Å²) < 4.78 is 2.11. The van der Waals surface area contributed by atoms with Crippen molar-refractivity contribution in [2.75, 3.05) is 11.9 Å². The van der Waals surface area contributed by atoms with Crippen molar-refractivity contribution in [1.29, 1.82) is 0 Å². The predicted molar refractivity (Wildman–Crippen MR) is 104 cm³/mol. The third-order valence-electron chi connectivity index (χ3n) is 5.02. The van der Waals surface area contributed by atoms with Crippen molar-refractivity contribution in [3.8, 4) is 5.69 Å². The third-order valence-corrected chi connectivity index (χ3v) is 5.02. The van der Waals surface area contributed by atoms with Gasteiger partial charge in [-0.2, -0.15) is 5.10 Å². The van der Waals surface area contributed by atoms with Crippen LogP contribution in [0.25, 0.3) is 5.69 Å². The number of nitrogens with zero attached hydrogens (tertiary/aromatic N) is 2. The average molecular weight is 331 g/mol. The number of nitrogens with one attached hydrogen (secondary N) is 1. The molecule has 25 heavy (non-hydrogen) atoms. The Morgan fingerprint density at radius 3 is 2.52 bits per heavy atom. The van der Waals surface area contributed by atoms with Crippen LogP contribution in [0.5, 0.6) is 0 Å². The summed E-state index contributed by atoms with van der Waals surface area (Å²) in [6, 6.07) is 19.4. The summed E-state index contributed by atoms with van der Waals surface area (Å²) in [7, 11) is 0. The Hall–Kier alpha value is -2.55. The molecule has 0 aliphatic carbocycles. The molecule has 1 aliphatic heterocycles. The van der Waals surface area contributed by atoms with Crippen molar-refractivity contribution in [2.45, 2.75) is 39.0 Å². The molecule has 3 aromatic rings. The number of aromatic nitrogens is 2. The molecule has 0 radical (unpaired) electrons. The molecule has 2 heterocycles. The van der Waals surface area contributed by atoms with Gasteiger partial charge in [-0.3, -0.25) is 0 Å². The van der Waals surface area contributed by atoms with Crippen LogP contribution in [-0.2, 0) is 19.3 Å². The molecule has 1 aliphatic rings. The highest BCUT2D eigenvalue weighted by Crippen LogP contribution is 2.29. The van der Waals surface area contributed by atoms with Crippen LogP contribution in [0.15, 0.2) is 54.6 Å². The number of hydrogen-bond acceptors (Lipinski definition) is 2. The molecular weight excluding hydrogens is 306 g/mol. The molecule has 2 aromatic carbocycles. The first-order valence-electron chi connectivity index (χ1n) is 9.33. The second-order valence-electron chi connectivity index (χ2n) is 6.75. The molecule has 0 amide bonds. The van der Waals surface area contributed by atoms with Gasteiger partial charge in [-0.25, -0.2) is 4.68 Å². The maximum absolute atomic E-state index is 5.01. The van der Waals surface area contributed by atoms with Crippen LogP contribution in [0, 0.1) is 0 Å². The topological polar surface area (TPSA) is 29.9 Å². The lowest BCUT2D eigenvalue weighted by atomic mass is 10.0. The van der Waals surface area contributed by atoms with Crippen molar-refractivity contribution < 1.29 is 0 Å². The van der Waals surface area contributed by atoms with Crippen LogP contribution in [0.1, 0.15) is 42.1 Å². The molecule has 3 heteroatoms. The zero-order chi connectivity index (χ0) is 17.1. The van der Waals surface area contributed by atoms with E-state index in [4.69, 9.17) is 5.10 Å². The molecule has 0 bridgehead atoms. The molecule has 1 aromatic heterocycles. The molecule has 128 valence electrons. The normalized spacial score (nSPS) is 13.8. The quantitative estimate of drug-likeness (QED) is 0.746. The Balaban J connectivity index is 1.75. The zero-order valence-corrected chi connectivity index (χ0v) is 14.8. The van der Waals surface area contributed by atoms with Crippen LogP contribution >= 0.6 is 0 Å². The van der Waals surface area contributed by atoms with E-state index in [2.05, 4.69) is 71.5 Å². The minimum Gasteiger partial charge on any atom is -0.370 e. The molecule has 0 saturated carbocycles.